The number of amides is 2. The number of carbonyl (C=O) groups is 2. The van der Waals surface area contributed by atoms with Crippen molar-refractivity contribution in [2.75, 3.05) is 44.7 Å². The summed E-state index contributed by atoms with van der Waals surface area (Å²) in [5.74, 6) is -0.710. The van der Waals surface area contributed by atoms with Gasteiger partial charge < -0.3 is 14.5 Å². The van der Waals surface area contributed by atoms with Gasteiger partial charge in [-0.25, -0.2) is 5.48 Å². The molecule has 3 aromatic rings. The second-order valence-corrected chi connectivity index (χ2v) is 9.87. The van der Waals surface area contributed by atoms with Gasteiger partial charge in [0.1, 0.15) is 17.9 Å². The zero-order valence-electron chi connectivity index (χ0n) is 21.2. The van der Waals surface area contributed by atoms with Gasteiger partial charge in [0, 0.05) is 55.6 Å². The van der Waals surface area contributed by atoms with Crippen molar-refractivity contribution in [3.05, 3.63) is 66.4 Å². The molecule has 0 saturated carbocycles. The number of aromatic nitrogens is 1. The first-order chi connectivity index (χ1) is 17.9. The van der Waals surface area contributed by atoms with E-state index in [1.807, 2.05) is 72.3 Å². The molecule has 0 radical (unpaired) electrons. The molecule has 2 aliphatic heterocycles. The standard InChI is InChI=1S/C28H33N5O4/c1-19-16-25(22-10-6-7-11-24(22)29-19)37-21-17-23(27(34)30-36)26(31(2)18-21)28(35)33-14-12-32(13-15-33)20-8-4-3-5-9-20/h3-11,16,21,23,26,36H,12-15,17-18H2,1-2H3,(H,30,34)/t21?,23?,26-/m0/s1. The number of para-hydroxylation sites is 2. The zero-order chi connectivity index (χ0) is 25.9. The average Bonchev–Trinajstić information content (AvgIpc) is 2.92. The fourth-order valence-electron chi connectivity index (χ4n) is 5.57. The number of aryl methyl sites for hydroxylation is 1. The molecule has 2 N–H and O–H groups in total. The monoisotopic (exact) mass is 503 g/mol. The first-order valence-corrected chi connectivity index (χ1v) is 12.7. The minimum absolute atomic E-state index is 0.0903. The number of fused-ring (bicyclic) bond motifs is 1. The van der Waals surface area contributed by atoms with Crippen LogP contribution in [0.1, 0.15) is 12.1 Å². The summed E-state index contributed by atoms with van der Waals surface area (Å²) in [5.41, 5.74) is 4.60. The van der Waals surface area contributed by atoms with Gasteiger partial charge in [0.05, 0.1) is 11.4 Å². The molecule has 3 heterocycles. The quantitative estimate of drug-likeness (QED) is 0.408. The van der Waals surface area contributed by atoms with E-state index in [-0.39, 0.29) is 12.0 Å². The van der Waals surface area contributed by atoms with E-state index in [2.05, 4.69) is 22.0 Å². The number of nitrogens with one attached hydrogen (secondary N) is 1. The Labute approximate surface area is 216 Å². The van der Waals surface area contributed by atoms with Crippen LogP contribution in [0.3, 0.4) is 0 Å². The van der Waals surface area contributed by atoms with Crippen molar-refractivity contribution < 1.29 is 19.5 Å². The number of rotatable bonds is 5. The van der Waals surface area contributed by atoms with E-state index in [1.54, 1.807) is 5.48 Å². The first kappa shape index (κ1) is 25.0. The van der Waals surface area contributed by atoms with Crippen LogP contribution in [0.2, 0.25) is 0 Å². The summed E-state index contributed by atoms with van der Waals surface area (Å²) < 4.78 is 6.41. The van der Waals surface area contributed by atoms with E-state index >= 15 is 0 Å². The number of likely N-dealkylation sites (tertiary alicyclic amines) is 1. The van der Waals surface area contributed by atoms with Crippen molar-refractivity contribution in [2.45, 2.75) is 25.5 Å². The highest BCUT2D eigenvalue weighted by molar-refractivity contribution is 5.90. The summed E-state index contributed by atoms with van der Waals surface area (Å²) in [6, 6.07) is 19.1. The SMILES string of the molecule is Cc1cc(OC2CC(C(=O)NO)[C@@H](C(=O)N3CCN(c4ccccc4)CC3)N(C)C2)c2ccccc2n1. The van der Waals surface area contributed by atoms with Gasteiger partial charge in [-0.3, -0.25) is 24.7 Å². The molecular weight excluding hydrogens is 470 g/mol. The van der Waals surface area contributed by atoms with Crippen LogP contribution in [-0.4, -0.2) is 83.7 Å². The number of hydrogen-bond acceptors (Lipinski definition) is 7. The highest BCUT2D eigenvalue weighted by Crippen LogP contribution is 2.31. The number of pyridine rings is 1. The van der Waals surface area contributed by atoms with Gasteiger partial charge in [0.25, 0.3) is 0 Å². The van der Waals surface area contributed by atoms with Gasteiger partial charge in [-0.1, -0.05) is 30.3 Å². The highest BCUT2D eigenvalue weighted by atomic mass is 16.5. The summed E-state index contributed by atoms with van der Waals surface area (Å²) in [6.07, 6.45) is -0.0243. The predicted molar refractivity (Wildman–Crippen MR) is 141 cm³/mol. The third kappa shape index (κ3) is 5.23. The molecule has 0 bridgehead atoms. The minimum Gasteiger partial charge on any atom is -0.488 e. The fourth-order valence-corrected chi connectivity index (χ4v) is 5.57. The maximum atomic E-state index is 13.7. The van der Waals surface area contributed by atoms with Crippen molar-refractivity contribution in [3.8, 4) is 5.75 Å². The lowest BCUT2D eigenvalue weighted by molar-refractivity contribution is -0.151. The summed E-state index contributed by atoms with van der Waals surface area (Å²) in [6.45, 7) is 5.00. The number of hydrogen-bond donors (Lipinski definition) is 2. The van der Waals surface area contributed by atoms with Crippen LogP contribution >= 0.6 is 0 Å². The van der Waals surface area contributed by atoms with Crippen LogP contribution in [0.25, 0.3) is 10.9 Å². The third-order valence-electron chi connectivity index (χ3n) is 7.38. The number of benzene rings is 2. The molecule has 1 aromatic heterocycles. The van der Waals surface area contributed by atoms with Crippen molar-refractivity contribution >= 4 is 28.4 Å². The van der Waals surface area contributed by atoms with Crippen LogP contribution < -0.4 is 15.1 Å². The molecule has 2 aromatic carbocycles. The van der Waals surface area contributed by atoms with Crippen molar-refractivity contribution in [3.63, 3.8) is 0 Å². The van der Waals surface area contributed by atoms with Crippen molar-refractivity contribution in [1.29, 1.82) is 0 Å². The molecule has 0 aliphatic carbocycles. The molecule has 2 amide bonds. The topological polar surface area (TPSA) is 98.2 Å². The Morgan fingerprint density at radius 2 is 1.73 bits per heavy atom. The summed E-state index contributed by atoms with van der Waals surface area (Å²) in [7, 11) is 1.84. The number of carbonyl (C=O) groups excluding carboxylic acids is 2. The van der Waals surface area contributed by atoms with Crippen LogP contribution in [0.4, 0.5) is 5.69 Å². The average molecular weight is 504 g/mol. The van der Waals surface area contributed by atoms with Gasteiger partial charge in [0.15, 0.2) is 0 Å². The van der Waals surface area contributed by atoms with Gasteiger partial charge in [-0.2, -0.15) is 0 Å². The van der Waals surface area contributed by atoms with E-state index in [0.717, 1.165) is 35.4 Å². The van der Waals surface area contributed by atoms with E-state index in [0.29, 0.717) is 31.8 Å². The molecule has 2 saturated heterocycles. The van der Waals surface area contributed by atoms with Gasteiger partial charge in [-0.05, 0) is 44.7 Å². The normalized spacial score (nSPS) is 22.6. The predicted octanol–water partition coefficient (Wildman–Crippen LogP) is 2.47. The van der Waals surface area contributed by atoms with Crippen LogP contribution in [0.5, 0.6) is 5.75 Å². The maximum Gasteiger partial charge on any atom is 0.248 e. The van der Waals surface area contributed by atoms with E-state index in [4.69, 9.17) is 4.74 Å². The van der Waals surface area contributed by atoms with Crippen LogP contribution in [0.15, 0.2) is 60.7 Å². The summed E-state index contributed by atoms with van der Waals surface area (Å²) in [5, 5.41) is 10.4. The largest absolute Gasteiger partial charge is 0.488 e. The molecule has 0 spiro atoms. The lowest BCUT2D eigenvalue weighted by atomic mass is 9.86. The van der Waals surface area contributed by atoms with Crippen LogP contribution in [-0.2, 0) is 9.59 Å². The van der Waals surface area contributed by atoms with Crippen molar-refractivity contribution in [1.82, 2.24) is 20.3 Å². The van der Waals surface area contributed by atoms with Gasteiger partial charge >= 0.3 is 0 Å². The molecule has 9 heteroatoms. The number of ether oxygens (including phenoxy) is 1. The van der Waals surface area contributed by atoms with Gasteiger partial charge in [0.2, 0.25) is 11.8 Å². The molecule has 9 nitrogen and oxygen atoms in total. The van der Waals surface area contributed by atoms with E-state index < -0.39 is 17.9 Å². The van der Waals surface area contributed by atoms with E-state index in [1.165, 1.54) is 0 Å². The Morgan fingerprint density at radius 1 is 1.03 bits per heavy atom. The number of piperazine rings is 1. The molecule has 5 rings (SSSR count). The lowest BCUT2D eigenvalue weighted by Crippen LogP contribution is -2.62. The number of likely N-dealkylation sites (N-methyl/N-ethyl adjacent to an activating group) is 1. The molecular formula is C28H33N5O4. The molecule has 37 heavy (non-hydrogen) atoms. The molecule has 2 fully saturated rings. The Hall–Kier alpha value is -3.69. The third-order valence-corrected chi connectivity index (χ3v) is 7.38. The zero-order valence-corrected chi connectivity index (χ0v) is 21.2. The second kappa shape index (κ2) is 10.7. The first-order valence-electron chi connectivity index (χ1n) is 12.7. The second-order valence-electron chi connectivity index (χ2n) is 9.87. The smallest absolute Gasteiger partial charge is 0.248 e. The minimum atomic E-state index is -0.748. The Morgan fingerprint density at radius 3 is 2.46 bits per heavy atom. The summed E-state index contributed by atoms with van der Waals surface area (Å²) in [4.78, 5) is 37.0. The molecule has 3 atom stereocenters. The number of nitrogens with zero attached hydrogens (tertiary/aromatic N) is 4. The maximum absolute atomic E-state index is 13.7. The lowest BCUT2D eigenvalue weighted by Gasteiger charge is -2.44. The number of hydroxylamine groups is 1. The van der Waals surface area contributed by atoms with E-state index in [9.17, 15) is 14.8 Å². The molecule has 194 valence electrons. The van der Waals surface area contributed by atoms with Crippen molar-refractivity contribution in [2.24, 2.45) is 5.92 Å². The Balaban J connectivity index is 1.31. The van der Waals surface area contributed by atoms with Gasteiger partial charge in [-0.15, -0.1) is 0 Å². The fraction of sp³-hybridized carbons (Fsp3) is 0.393. The van der Waals surface area contributed by atoms with Crippen LogP contribution in [0, 0.1) is 12.8 Å². The Kier molecular flexibility index (Phi) is 7.25. The number of piperidine rings is 1. The Bertz CT molecular complexity index is 1260. The molecule has 2 unspecified atom stereocenters. The number of anilines is 1. The summed E-state index contributed by atoms with van der Waals surface area (Å²) >= 11 is 0. The molecule has 2 aliphatic rings. The highest BCUT2D eigenvalue weighted by Gasteiger charge is 2.45.